The van der Waals surface area contributed by atoms with E-state index in [1.54, 1.807) is 10.6 Å². The molecule has 2 rings (SSSR count). The number of halogens is 2. The zero-order valence-corrected chi connectivity index (χ0v) is 11.9. The van der Waals surface area contributed by atoms with Gasteiger partial charge in [-0.15, -0.1) is 0 Å². The predicted octanol–water partition coefficient (Wildman–Crippen LogP) is 3.16. The van der Waals surface area contributed by atoms with Crippen molar-refractivity contribution >= 4 is 45.2 Å². The number of nitrogens with zero attached hydrogens (tertiary/aromatic N) is 1. The molecule has 0 amide bonds. The number of aromatic nitrogens is 2. The van der Waals surface area contributed by atoms with Crippen molar-refractivity contribution in [1.82, 2.24) is 9.55 Å². The smallest absolute Gasteiger partial charge is 0.307 e. The first-order valence-corrected chi connectivity index (χ1v) is 6.37. The maximum atomic E-state index is 13.4. The molecule has 18 heavy (non-hydrogen) atoms. The van der Waals surface area contributed by atoms with Crippen LogP contribution in [0.5, 0.6) is 0 Å². The van der Waals surface area contributed by atoms with Gasteiger partial charge in [0, 0.05) is 12.6 Å². The minimum Gasteiger partial charge on any atom is -0.469 e. The van der Waals surface area contributed by atoms with Crippen LogP contribution in [0.15, 0.2) is 16.6 Å². The second-order valence-electron chi connectivity index (χ2n) is 3.69. The van der Waals surface area contributed by atoms with Crippen LogP contribution in [0.3, 0.4) is 0 Å². The van der Waals surface area contributed by atoms with E-state index in [0.29, 0.717) is 21.3 Å². The minimum absolute atomic E-state index is 0.215. The normalized spacial score (nSPS) is 10.8. The van der Waals surface area contributed by atoms with Crippen molar-refractivity contribution in [3.63, 3.8) is 0 Å². The number of carbonyl (C=O) groups excluding carboxylic acids is 1. The van der Waals surface area contributed by atoms with E-state index in [2.05, 4.69) is 25.7 Å². The summed E-state index contributed by atoms with van der Waals surface area (Å²) in [4.78, 5) is 14.0. The van der Waals surface area contributed by atoms with Crippen molar-refractivity contribution in [2.45, 2.75) is 13.0 Å². The van der Waals surface area contributed by atoms with Crippen molar-refractivity contribution < 1.29 is 13.9 Å². The molecule has 0 saturated carbocycles. The monoisotopic (exact) mass is 332 g/mol. The van der Waals surface area contributed by atoms with Gasteiger partial charge in [0.15, 0.2) is 4.77 Å². The molecule has 1 heterocycles. The Morgan fingerprint density at radius 1 is 1.61 bits per heavy atom. The van der Waals surface area contributed by atoms with Crippen LogP contribution in [-0.4, -0.2) is 22.6 Å². The number of fused-ring (bicyclic) bond motifs is 1. The van der Waals surface area contributed by atoms with E-state index in [-0.39, 0.29) is 18.2 Å². The highest BCUT2D eigenvalue weighted by molar-refractivity contribution is 9.10. The molecule has 0 atom stereocenters. The number of aryl methyl sites for hydroxylation is 1. The Labute approximate surface area is 116 Å². The molecule has 96 valence electrons. The molecule has 1 aromatic heterocycles. The van der Waals surface area contributed by atoms with Crippen LogP contribution in [-0.2, 0) is 16.1 Å². The van der Waals surface area contributed by atoms with Gasteiger partial charge in [-0.05, 0) is 34.2 Å². The highest BCUT2D eigenvalue weighted by atomic mass is 79.9. The molecule has 0 aliphatic carbocycles. The van der Waals surface area contributed by atoms with Gasteiger partial charge in [-0.1, -0.05) is 0 Å². The van der Waals surface area contributed by atoms with Crippen LogP contribution >= 0.6 is 28.1 Å². The molecule has 0 fully saturated rings. The number of esters is 1. The molecule has 0 aliphatic rings. The van der Waals surface area contributed by atoms with Gasteiger partial charge in [-0.25, -0.2) is 4.39 Å². The third kappa shape index (κ3) is 2.46. The Hall–Kier alpha value is -1.21. The van der Waals surface area contributed by atoms with Crippen LogP contribution in [0.4, 0.5) is 4.39 Å². The number of H-pyrrole nitrogens is 1. The molecular formula is C11H10BrFN2O2S. The Morgan fingerprint density at radius 2 is 2.33 bits per heavy atom. The lowest BCUT2D eigenvalue weighted by molar-refractivity contribution is -0.140. The number of ether oxygens (including phenoxy) is 1. The predicted molar refractivity (Wildman–Crippen MR) is 71.4 cm³/mol. The number of imidazole rings is 1. The Bertz CT molecular complexity index is 665. The molecule has 0 unspecified atom stereocenters. The van der Waals surface area contributed by atoms with Gasteiger partial charge in [0.1, 0.15) is 5.82 Å². The summed E-state index contributed by atoms with van der Waals surface area (Å²) in [6.07, 6.45) is 0.215. The fraction of sp³-hybridized carbons (Fsp3) is 0.273. The van der Waals surface area contributed by atoms with E-state index >= 15 is 0 Å². The zero-order chi connectivity index (χ0) is 13.3. The van der Waals surface area contributed by atoms with Gasteiger partial charge in [0.25, 0.3) is 0 Å². The largest absolute Gasteiger partial charge is 0.469 e. The standard InChI is InChI=1S/C11H10BrFN2O2S/c1-17-10(16)2-3-15-9-4-6(12)7(13)5-8(9)14-11(15)18/h4-5H,2-3H2,1H3,(H,14,18). The molecule has 0 bridgehead atoms. The van der Waals surface area contributed by atoms with E-state index in [9.17, 15) is 9.18 Å². The van der Waals surface area contributed by atoms with Crippen molar-refractivity contribution in [2.75, 3.05) is 7.11 Å². The van der Waals surface area contributed by atoms with Gasteiger partial charge in [-0.3, -0.25) is 4.79 Å². The summed E-state index contributed by atoms with van der Waals surface area (Å²) in [6.45, 7) is 0.392. The molecule has 7 heteroatoms. The van der Waals surface area contributed by atoms with Gasteiger partial charge in [-0.2, -0.15) is 0 Å². The van der Waals surface area contributed by atoms with Crippen molar-refractivity contribution in [1.29, 1.82) is 0 Å². The van der Waals surface area contributed by atoms with Gasteiger partial charge < -0.3 is 14.3 Å². The Balaban J connectivity index is 2.44. The number of methoxy groups -OCH3 is 1. The number of hydrogen-bond acceptors (Lipinski definition) is 3. The molecule has 0 saturated heterocycles. The molecule has 2 aromatic rings. The number of nitrogens with one attached hydrogen (secondary N) is 1. The zero-order valence-electron chi connectivity index (χ0n) is 9.50. The minimum atomic E-state index is -0.362. The molecular weight excluding hydrogens is 323 g/mol. The average molecular weight is 333 g/mol. The van der Waals surface area contributed by atoms with Gasteiger partial charge in [0.2, 0.25) is 0 Å². The maximum absolute atomic E-state index is 13.4. The van der Waals surface area contributed by atoms with Crippen LogP contribution in [0, 0.1) is 10.6 Å². The lowest BCUT2D eigenvalue weighted by Gasteiger charge is -2.04. The van der Waals surface area contributed by atoms with E-state index < -0.39 is 0 Å². The number of carbonyl (C=O) groups is 1. The maximum Gasteiger partial charge on any atom is 0.307 e. The molecule has 1 N–H and O–H groups in total. The Morgan fingerprint density at radius 3 is 3.00 bits per heavy atom. The third-order valence-corrected chi connectivity index (χ3v) is 3.51. The Kier molecular flexibility index (Phi) is 3.82. The van der Waals surface area contributed by atoms with E-state index in [1.807, 2.05) is 0 Å². The fourth-order valence-corrected chi connectivity index (χ4v) is 2.31. The van der Waals surface area contributed by atoms with Crippen molar-refractivity contribution in [3.8, 4) is 0 Å². The second kappa shape index (κ2) is 5.19. The SMILES string of the molecule is COC(=O)CCn1c(=S)[nH]c2cc(F)c(Br)cc21. The van der Waals surface area contributed by atoms with E-state index in [1.165, 1.54) is 13.2 Å². The number of rotatable bonds is 3. The van der Waals surface area contributed by atoms with E-state index in [0.717, 1.165) is 5.52 Å². The summed E-state index contributed by atoms with van der Waals surface area (Å²) in [7, 11) is 1.34. The molecule has 0 radical (unpaired) electrons. The second-order valence-corrected chi connectivity index (χ2v) is 4.93. The first-order chi connectivity index (χ1) is 8.52. The molecule has 4 nitrogen and oxygen atoms in total. The topological polar surface area (TPSA) is 47.0 Å². The summed E-state index contributed by atoms with van der Waals surface area (Å²) < 4.78 is 20.5. The molecule has 0 spiro atoms. The van der Waals surface area contributed by atoms with Crippen LogP contribution in [0.1, 0.15) is 6.42 Å². The fourth-order valence-electron chi connectivity index (χ4n) is 1.68. The lowest BCUT2D eigenvalue weighted by Crippen LogP contribution is -2.07. The van der Waals surface area contributed by atoms with Gasteiger partial charge >= 0.3 is 5.97 Å². The quantitative estimate of drug-likeness (QED) is 0.693. The first kappa shape index (κ1) is 13.2. The summed E-state index contributed by atoms with van der Waals surface area (Å²) in [5.74, 6) is -0.675. The molecule has 0 aliphatic heterocycles. The summed E-state index contributed by atoms with van der Waals surface area (Å²) in [5.41, 5.74) is 1.35. The van der Waals surface area contributed by atoms with Gasteiger partial charge in [0.05, 0.1) is 29.0 Å². The third-order valence-electron chi connectivity index (χ3n) is 2.58. The van der Waals surface area contributed by atoms with Crippen LogP contribution in [0.2, 0.25) is 0 Å². The summed E-state index contributed by atoms with van der Waals surface area (Å²) >= 11 is 8.27. The number of benzene rings is 1. The average Bonchev–Trinajstić information content (AvgIpc) is 2.62. The highest BCUT2D eigenvalue weighted by Crippen LogP contribution is 2.23. The first-order valence-electron chi connectivity index (χ1n) is 5.17. The number of aromatic amines is 1. The summed E-state index contributed by atoms with van der Waals surface area (Å²) in [5, 5.41) is 0. The number of hydrogen-bond donors (Lipinski definition) is 1. The van der Waals surface area contributed by atoms with Crippen molar-refractivity contribution in [2.24, 2.45) is 0 Å². The van der Waals surface area contributed by atoms with Crippen LogP contribution < -0.4 is 0 Å². The lowest BCUT2D eigenvalue weighted by atomic mass is 10.3. The highest BCUT2D eigenvalue weighted by Gasteiger charge is 2.10. The van der Waals surface area contributed by atoms with Crippen LogP contribution in [0.25, 0.3) is 11.0 Å². The molecule has 1 aromatic carbocycles. The van der Waals surface area contributed by atoms with Crippen molar-refractivity contribution in [3.05, 3.63) is 27.2 Å². The van der Waals surface area contributed by atoms with E-state index in [4.69, 9.17) is 12.2 Å². The summed E-state index contributed by atoms with van der Waals surface area (Å²) in [6, 6.07) is 3.00.